The van der Waals surface area contributed by atoms with Gasteiger partial charge in [-0.05, 0) is 19.1 Å². The van der Waals surface area contributed by atoms with E-state index in [-0.39, 0.29) is 6.54 Å². The number of hydrogen-bond donors (Lipinski definition) is 1. The van der Waals surface area contributed by atoms with Crippen molar-refractivity contribution < 1.29 is 9.90 Å². The summed E-state index contributed by atoms with van der Waals surface area (Å²) in [6, 6.07) is 0. The third kappa shape index (κ3) is 5.61. The summed E-state index contributed by atoms with van der Waals surface area (Å²) in [7, 11) is 0. The molecule has 0 radical (unpaired) electrons. The van der Waals surface area contributed by atoms with Crippen LogP contribution in [0, 0.1) is 0 Å². The van der Waals surface area contributed by atoms with Gasteiger partial charge in [0.05, 0.1) is 11.0 Å². The molecule has 84 valence electrons. The van der Waals surface area contributed by atoms with Gasteiger partial charge in [-0.2, -0.15) is 0 Å². The van der Waals surface area contributed by atoms with Gasteiger partial charge in [-0.15, -0.1) is 22.8 Å². The van der Waals surface area contributed by atoms with Gasteiger partial charge in [0.1, 0.15) is 0 Å². The van der Waals surface area contributed by atoms with E-state index < -0.39 is 10.4 Å². The summed E-state index contributed by atoms with van der Waals surface area (Å²) in [5.41, 5.74) is 0. The highest BCUT2D eigenvalue weighted by atomic mass is 33.2. The Morgan fingerprint density at radius 2 is 2.00 bits per heavy atom. The molecule has 0 aliphatic heterocycles. The van der Waals surface area contributed by atoms with Crippen LogP contribution in [0.2, 0.25) is 0 Å². The zero-order chi connectivity index (χ0) is 11.2. The van der Waals surface area contributed by atoms with E-state index >= 15 is 0 Å². The van der Waals surface area contributed by atoms with Crippen LogP contribution in [0.4, 0.5) is 0 Å². The smallest absolute Gasteiger partial charge is 0.317 e. The second-order valence-electron chi connectivity index (χ2n) is 2.66. The molecule has 0 bridgehead atoms. The Hall–Kier alpha value is 0.780. The van der Waals surface area contributed by atoms with Crippen LogP contribution in [-0.4, -0.2) is 47.9 Å². The molecule has 0 atom stereocenters. The number of hydrogen-bond acceptors (Lipinski definition) is 5. The lowest BCUT2D eigenvalue weighted by atomic mass is 10.5. The molecule has 0 aliphatic carbocycles. The van der Waals surface area contributed by atoms with Crippen molar-refractivity contribution in [1.82, 2.24) is 4.90 Å². The summed E-state index contributed by atoms with van der Waals surface area (Å²) < 4.78 is -1.48. The standard InChI is InChI=1S/C7H16NO2PS3/c1-4-8(5-7(9)10)6-11(12,13-2)14-3/h4-6H2,1-3H3,(H,9,10). The number of nitrogens with zero attached hydrogens (tertiary/aromatic N) is 1. The van der Waals surface area contributed by atoms with Crippen LogP contribution in [0.5, 0.6) is 0 Å². The minimum absolute atomic E-state index is 0.0933. The van der Waals surface area contributed by atoms with Crippen LogP contribution in [0.15, 0.2) is 0 Å². The monoisotopic (exact) mass is 273 g/mol. The molecule has 0 saturated carbocycles. The zero-order valence-electron chi connectivity index (χ0n) is 8.60. The minimum atomic E-state index is -1.48. The maximum Gasteiger partial charge on any atom is 0.317 e. The number of rotatable bonds is 7. The third-order valence-electron chi connectivity index (χ3n) is 1.74. The molecule has 3 nitrogen and oxygen atoms in total. The van der Waals surface area contributed by atoms with Gasteiger partial charge in [0.15, 0.2) is 0 Å². The van der Waals surface area contributed by atoms with E-state index in [0.717, 1.165) is 12.8 Å². The first kappa shape index (κ1) is 14.8. The molecule has 0 fully saturated rings. The summed E-state index contributed by atoms with van der Waals surface area (Å²) in [4.78, 5) is 12.5. The first-order valence-corrected chi connectivity index (χ1v) is 10.8. The zero-order valence-corrected chi connectivity index (χ0v) is 11.9. The Morgan fingerprint density at radius 1 is 1.50 bits per heavy atom. The summed E-state index contributed by atoms with van der Waals surface area (Å²) in [5, 5.41) is 8.68. The molecule has 0 aromatic rings. The van der Waals surface area contributed by atoms with E-state index in [1.807, 2.05) is 24.3 Å². The van der Waals surface area contributed by atoms with Gasteiger partial charge >= 0.3 is 5.97 Å². The average Bonchev–Trinajstić information content (AvgIpc) is 2.16. The molecule has 0 saturated heterocycles. The number of carboxylic acid groups (broad SMARTS) is 1. The van der Waals surface area contributed by atoms with Gasteiger partial charge in [-0.25, -0.2) is 0 Å². The van der Waals surface area contributed by atoms with E-state index in [2.05, 4.69) is 0 Å². The highest BCUT2D eigenvalue weighted by Gasteiger charge is 2.19. The van der Waals surface area contributed by atoms with Crippen molar-refractivity contribution in [3.63, 3.8) is 0 Å². The predicted molar refractivity (Wildman–Crippen MR) is 71.1 cm³/mol. The first-order chi connectivity index (χ1) is 6.47. The molecule has 0 spiro atoms. The Labute approximate surface area is 98.5 Å². The van der Waals surface area contributed by atoms with Gasteiger partial charge < -0.3 is 5.11 Å². The topological polar surface area (TPSA) is 40.5 Å². The lowest BCUT2D eigenvalue weighted by Crippen LogP contribution is -2.29. The van der Waals surface area contributed by atoms with Crippen molar-refractivity contribution in [2.45, 2.75) is 6.92 Å². The van der Waals surface area contributed by atoms with E-state index in [1.54, 1.807) is 22.8 Å². The Kier molecular flexibility index (Phi) is 7.52. The van der Waals surface area contributed by atoms with Crippen LogP contribution in [-0.2, 0) is 16.6 Å². The van der Waals surface area contributed by atoms with Crippen molar-refractivity contribution in [1.29, 1.82) is 0 Å². The van der Waals surface area contributed by atoms with Crippen LogP contribution < -0.4 is 0 Å². The molecule has 0 aromatic heterocycles. The quantitative estimate of drug-likeness (QED) is 0.718. The first-order valence-electron chi connectivity index (χ1n) is 4.12. The Morgan fingerprint density at radius 3 is 2.29 bits per heavy atom. The average molecular weight is 273 g/mol. The lowest BCUT2D eigenvalue weighted by Gasteiger charge is -2.25. The molecule has 0 unspecified atom stereocenters. The molecular formula is C7H16NO2PS3. The largest absolute Gasteiger partial charge is 0.480 e. The van der Waals surface area contributed by atoms with E-state index in [4.69, 9.17) is 16.9 Å². The van der Waals surface area contributed by atoms with E-state index in [0.29, 0.717) is 0 Å². The molecule has 0 aromatic carbocycles. The number of aliphatic carboxylic acids is 1. The minimum Gasteiger partial charge on any atom is -0.480 e. The molecule has 14 heavy (non-hydrogen) atoms. The fourth-order valence-electron chi connectivity index (χ4n) is 0.888. The van der Waals surface area contributed by atoms with Gasteiger partial charge in [0.25, 0.3) is 0 Å². The number of carboxylic acids is 1. The van der Waals surface area contributed by atoms with E-state index in [9.17, 15) is 4.79 Å². The van der Waals surface area contributed by atoms with Crippen LogP contribution in [0.25, 0.3) is 0 Å². The van der Waals surface area contributed by atoms with Gasteiger partial charge in [0.2, 0.25) is 0 Å². The second kappa shape index (κ2) is 7.12. The van der Waals surface area contributed by atoms with Gasteiger partial charge in [-0.3, -0.25) is 9.69 Å². The van der Waals surface area contributed by atoms with Gasteiger partial charge in [0, 0.05) is 6.29 Å². The van der Waals surface area contributed by atoms with Crippen molar-refractivity contribution >= 4 is 45.0 Å². The van der Waals surface area contributed by atoms with Crippen molar-refractivity contribution in [2.24, 2.45) is 0 Å². The predicted octanol–water partition coefficient (Wildman–Crippen LogP) is 2.39. The van der Waals surface area contributed by atoms with Crippen LogP contribution in [0.3, 0.4) is 0 Å². The summed E-state index contributed by atoms with van der Waals surface area (Å²) in [6.07, 6.45) is 4.74. The number of carbonyl (C=O) groups is 1. The SMILES string of the molecule is CCN(CC(=O)O)CP(=S)(SC)SC. The highest BCUT2D eigenvalue weighted by molar-refractivity contribution is 9.00. The molecule has 0 rings (SSSR count). The third-order valence-corrected chi connectivity index (χ3v) is 13.3. The molecule has 0 aliphatic rings. The molecule has 1 N–H and O–H groups in total. The normalized spacial score (nSPS) is 12.0. The van der Waals surface area contributed by atoms with Crippen molar-refractivity contribution in [3.8, 4) is 0 Å². The van der Waals surface area contributed by atoms with Crippen LogP contribution >= 0.6 is 27.2 Å². The maximum absolute atomic E-state index is 10.6. The molecule has 7 heteroatoms. The van der Waals surface area contributed by atoms with Crippen molar-refractivity contribution in [2.75, 3.05) is 31.9 Å². The number of likely N-dealkylation sites (N-methyl/N-ethyl adjacent to an activating group) is 1. The van der Waals surface area contributed by atoms with E-state index in [1.165, 1.54) is 0 Å². The van der Waals surface area contributed by atoms with Crippen molar-refractivity contribution in [3.05, 3.63) is 0 Å². The van der Waals surface area contributed by atoms with Gasteiger partial charge in [-0.1, -0.05) is 18.7 Å². The molecule has 0 amide bonds. The summed E-state index contributed by atoms with van der Waals surface area (Å²) >= 11 is 8.90. The summed E-state index contributed by atoms with van der Waals surface area (Å²) in [5.74, 6) is -0.782. The lowest BCUT2D eigenvalue weighted by molar-refractivity contribution is -0.138. The fraction of sp³-hybridized carbons (Fsp3) is 0.857. The second-order valence-corrected chi connectivity index (χ2v) is 14.8. The molecular weight excluding hydrogens is 257 g/mol. The summed E-state index contributed by atoms with van der Waals surface area (Å²) in [6.45, 7) is 2.80. The maximum atomic E-state index is 10.6. The Bertz CT molecular complexity index is 229. The highest BCUT2D eigenvalue weighted by Crippen LogP contribution is 2.67. The van der Waals surface area contributed by atoms with Crippen LogP contribution in [0.1, 0.15) is 6.92 Å². The Balaban J connectivity index is 4.29. The molecule has 0 heterocycles. The fourth-order valence-corrected chi connectivity index (χ4v) is 6.01.